The molecule has 1 N–H and O–H groups in total. The standard InChI is InChI=1S/C21H22N2O2S/c1-3-4-13-25-18-11-9-16(10-12-18)19-14-26-21(22-19)23-20(24)17-7-5-15(2)6-8-17/h5-12,14H,3-4,13H2,1-2H3,(H,22,23,24). The third-order valence-electron chi connectivity index (χ3n) is 3.96. The highest BCUT2D eigenvalue weighted by Gasteiger charge is 2.10. The first-order valence-electron chi connectivity index (χ1n) is 8.72. The minimum atomic E-state index is -0.148. The van der Waals surface area contributed by atoms with Crippen LogP contribution < -0.4 is 10.1 Å². The summed E-state index contributed by atoms with van der Waals surface area (Å²) in [6, 6.07) is 15.4. The number of nitrogens with one attached hydrogen (secondary N) is 1. The van der Waals surface area contributed by atoms with Gasteiger partial charge >= 0.3 is 0 Å². The molecule has 0 aliphatic carbocycles. The normalized spacial score (nSPS) is 10.5. The fourth-order valence-corrected chi connectivity index (χ4v) is 3.11. The summed E-state index contributed by atoms with van der Waals surface area (Å²) in [6.45, 7) is 4.88. The zero-order valence-electron chi connectivity index (χ0n) is 15.0. The highest BCUT2D eigenvalue weighted by atomic mass is 32.1. The third kappa shape index (κ3) is 4.70. The maximum Gasteiger partial charge on any atom is 0.257 e. The van der Waals surface area contributed by atoms with Gasteiger partial charge in [0.2, 0.25) is 0 Å². The smallest absolute Gasteiger partial charge is 0.257 e. The Balaban J connectivity index is 1.63. The van der Waals surface area contributed by atoms with Gasteiger partial charge in [-0.25, -0.2) is 4.98 Å². The Morgan fingerprint density at radius 3 is 2.54 bits per heavy atom. The topological polar surface area (TPSA) is 51.2 Å². The van der Waals surface area contributed by atoms with Crippen molar-refractivity contribution in [1.29, 1.82) is 0 Å². The molecular formula is C21H22N2O2S. The molecule has 134 valence electrons. The van der Waals surface area contributed by atoms with E-state index in [-0.39, 0.29) is 5.91 Å². The number of aryl methyl sites for hydroxylation is 1. The van der Waals surface area contributed by atoms with E-state index in [9.17, 15) is 4.79 Å². The van der Waals surface area contributed by atoms with Gasteiger partial charge < -0.3 is 4.74 Å². The van der Waals surface area contributed by atoms with Crippen LogP contribution in [0.5, 0.6) is 5.75 Å². The van der Waals surface area contributed by atoms with Crippen LogP contribution in [0.25, 0.3) is 11.3 Å². The Morgan fingerprint density at radius 1 is 1.12 bits per heavy atom. The zero-order chi connectivity index (χ0) is 18.4. The van der Waals surface area contributed by atoms with E-state index < -0.39 is 0 Å². The van der Waals surface area contributed by atoms with Crippen LogP contribution in [0.3, 0.4) is 0 Å². The number of benzene rings is 2. The fourth-order valence-electron chi connectivity index (χ4n) is 2.39. The van der Waals surface area contributed by atoms with Crippen molar-refractivity contribution < 1.29 is 9.53 Å². The van der Waals surface area contributed by atoms with Crippen LogP contribution in [-0.2, 0) is 0 Å². The number of hydrogen-bond donors (Lipinski definition) is 1. The van der Waals surface area contributed by atoms with Crippen LogP contribution in [0.2, 0.25) is 0 Å². The lowest BCUT2D eigenvalue weighted by molar-refractivity contribution is 0.102. The molecule has 4 nitrogen and oxygen atoms in total. The highest BCUT2D eigenvalue weighted by Crippen LogP contribution is 2.27. The Hall–Kier alpha value is -2.66. The van der Waals surface area contributed by atoms with Crippen molar-refractivity contribution in [2.24, 2.45) is 0 Å². The number of ether oxygens (including phenoxy) is 1. The van der Waals surface area contributed by atoms with E-state index in [0.717, 1.165) is 42.0 Å². The average molecular weight is 366 g/mol. The summed E-state index contributed by atoms with van der Waals surface area (Å²) in [5, 5.41) is 5.39. The molecule has 1 heterocycles. The maximum absolute atomic E-state index is 12.3. The number of rotatable bonds is 7. The van der Waals surface area contributed by atoms with Gasteiger partial charge in [-0.2, -0.15) is 0 Å². The lowest BCUT2D eigenvalue weighted by atomic mass is 10.1. The molecule has 0 radical (unpaired) electrons. The van der Waals surface area contributed by atoms with Crippen molar-refractivity contribution in [3.8, 4) is 17.0 Å². The molecule has 0 atom stereocenters. The van der Waals surface area contributed by atoms with Gasteiger partial charge in [0.05, 0.1) is 12.3 Å². The third-order valence-corrected chi connectivity index (χ3v) is 4.71. The first kappa shape index (κ1) is 18.1. The van der Waals surface area contributed by atoms with Crippen molar-refractivity contribution in [2.75, 3.05) is 11.9 Å². The van der Waals surface area contributed by atoms with Crippen LogP contribution in [0, 0.1) is 6.92 Å². The average Bonchev–Trinajstić information content (AvgIpc) is 3.11. The highest BCUT2D eigenvalue weighted by molar-refractivity contribution is 7.14. The largest absolute Gasteiger partial charge is 0.494 e. The van der Waals surface area contributed by atoms with E-state index in [0.29, 0.717) is 10.7 Å². The predicted molar refractivity (Wildman–Crippen MR) is 107 cm³/mol. The summed E-state index contributed by atoms with van der Waals surface area (Å²) in [4.78, 5) is 16.8. The molecule has 0 aliphatic heterocycles. The monoisotopic (exact) mass is 366 g/mol. The first-order chi connectivity index (χ1) is 12.7. The number of amides is 1. The summed E-state index contributed by atoms with van der Waals surface area (Å²) >= 11 is 1.42. The zero-order valence-corrected chi connectivity index (χ0v) is 15.8. The predicted octanol–water partition coefficient (Wildman–Crippen LogP) is 5.55. The van der Waals surface area contributed by atoms with E-state index in [1.54, 1.807) is 0 Å². The van der Waals surface area contributed by atoms with Gasteiger partial charge in [0.15, 0.2) is 5.13 Å². The minimum absolute atomic E-state index is 0.148. The lowest BCUT2D eigenvalue weighted by Crippen LogP contribution is -2.11. The molecule has 0 unspecified atom stereocenters. The molecule has 1 aromatic heterocycles. The van der Waals surface area contributed by atoms with E-state index in [1.165, 1.54) is 11.3 Å². The van der Waals surface area contributed by atoms with Crippen molar-refractivity contribution >= 4 is 22.4 Å². The number of anilines is 1. The quantitative estimate of drug-likeness (QED) is 0.558. The molecule has 2 aromatic carbocycles. The van der Waals surface area contributed by atoms with Crippen LogP contribution in [0.1, 0.15) is 35.7 Å². The van der Waals surface area contributed by atoms with Gasteiger partial charge in [-0.1, -0.05) is 31.0 Å². The molecule has 0 aliphatic rings. The Kier molecular flexibility index (Phi) is 6.02. The second-order valence-electron chi connectivity index (χ2n) is 6.08. The molecule has 0 spiro atoms. The lowest BCUT2D eigenvalue weighted by Gasteiger charge is -2.05. The number of nitrogens with zero attached hydrogens (tertiary/aromatic N) is 1. The fraction of sp³-hybridized carbons (Fsp3) is 0.238. The molecule has 26 heavy (non-hydrogen) atoms. The van der Waals surface area contributed by atoms with Gasteiger partial charge in [0, 0.05) is 16.5 Å². The Labute approximate surface area is 157 Å². The minimum Gasteiger partial charge on any atom is -0.494 e. The number of unbranched alkanes of at least 4 members (excludes halogenated alkanes) is 1. The summed E-state index contributed by atoms with van der Waals surface area (Å²) in [7, 11) is 0. The van der Waals surface area contributed by atoms with Gasteiger partial charge in [-0.05, 0) is 49.7 Å². The van der Waals surface area contributed by atoms with Crippen molar-refractivity contribution in [1.82, 2.24) is 4.98 Å². The molecule has 3 aromatic rings. The van der Waals surface area contributed by atoms with E-state index >= 15 is 0 Å². The second-order valence-corrected chi connectivity index (χ2v) is 6.94. The van der Waals surface area contributed by atoms with Crippen LogP contribution in [-0.4, -0.2) is 17.5 Å². The number of aromatic nitrogens is 1. The molecule has 5 heteroatoms. The van der Waals surface area contributed by atoms with Gasteiger partial charge in [0.1, 0.15) is 5.75 Å². The number of hydrogen-bond acceptors (Lipinski definition) is 4. The van der Waals surface area contributed by atoms with Gasteiger partial charge in [-0.15, -0.1) is 11.3 Å². The summed E-state index contributed by atoms with van der Waals surface area (Å²) < 4.78 is 5.68. The molecular weight excluding hydrogens is 344 g/mol. The van der Waals surface area contributed by atoms with Crippen LogP contribution in [0.4, 0.5) is 5.13 Å². The van der Waals surface area contributed by atoms with E-state index in [2.05, 4.69) is 17.2 Å². The van der Waals surface area contributed by atoms with Crippen LogP contribution >= 0.6 is 11.3 Å². The number of thiazole rings is 1. The Bertz CT molecular complexity index is 854. The molecule has 3 rings (SSSR count). The van der Waals surface area contributed by atoms with Gasteiger partial charge in [0.25, 0.3) is 5.91 Å². The first-order valence-corrected chi connectivity index (χ1v) is 9.60. The second kappa shape index (κ2) is 8.63. The summed E-state index contributed by atoms with van der Waals surface area (Å²) in [5.74, 6) is 0.718. The van der Waals surface area contributed by atoms with Crippen molar-refractivity contribution in [3.63, 3.8) is 0 Å². The molecule has 0 saturated carbocycles. The maximum atomic E-state index is 12.3. The number of carbonyl (C=O) groups is 1. The molecule has 0 bridgehead atoms. The summed E-state index contributed by atoms with van der Waals surface area (Å²) in [5.41, 5.74) is 3.59. The van der Waals surface area contributed by atoms with E-state index in [1.807, 2.05) is 60.8 Å². The molecule has 1 amide bonds. The van der Waals surface area contributed by atoms with Crippen LogP contribution in [0.15, 0.2) is 53.9 Å². The van der Waals surface area contributed by atoms with Gasteiger partial charge in [-0.3, -0.25) is 10.1 Å². The Morgan fingerprint density at radius 2 is 1.85 bits per heavy atom. The van der Waals surface area contributed by atoms with E-state index in [4.69, 9.17) is 4.74 Å². The number of carbonyl (C=O) groups excluding carboxylic acids is 1. The summed E-state index contributed by atoms with van der Waals surface area (Å²) in [6.07, 6.45) is 2.17. The molecule has 0 fully saturated rings. The SMILES string of the molecule is CCCCOc1ccc(-c2csc(NC(=O)c3ccc(C)cc3)n2)cc1. The molecule has 0 saturated heterocycles. The van der Waals surface area contributed by atoms with Crippen molar-refractivity contribution in [3.05, 3.63) is 65.0 Å². The van der Waals surface area contributed by atoms with Crippen molar-refractivity contribution in [2.45, 2.75) is 26.7 Å².